The van der Waals surface area contributed by atoms with Crippen molar-refractivity contribution in [1.82, 2.24) is 9.88 Å². The summed E-state index contributed by atoms with van der Waals surface area (Å²) in [6.45, 7) is 6.79. The summed E-state index contributed by atoms with van der Waals surface area (Å²) in [5.74, 6) is 1.33. The highest BCUT2D eigenvalue weighted by atomic mass is 15.1. The van der Waals surface area contributed by atoms with E-state index in [1.54, 1.807) is 6.20 Å². The Morgan fingerprint density at radius 1 is 1.62 bits per heavy atom. The van der Waals surface area contributed by atoms with E-state index < -0.39 is 0 Å². The highest BCUT2D eigenvalue weighted by molar-refractivity contribution is 5.60. The van der Waals surface area contributed by atoms with Crippen molar-refractivity contribution >= 4 is 11.5 Å². The first-order chi connectivity index (χ1) is 7.79. The van der Waals surface area contributed by atoms with E-state index in [1.807, 2.05) is 12.1 Å². The molecule has 1 saturated heterocycles. The fourth-order valence-corrected chi connectivity index (χ4v) is 2.19. The monoisotopic (exact) mass is 220 g/mol. The van der Waals surface area contributed by atoms with Crippen LogP contribution in [0.5, 0.6) is 0 Å². The number of nitrogens with zero attached hydrogens (tertiary/aromatic N) is 2. The molecule has 0 amide bonds. The first kappa shape index (κ1) is 11.2. The van der Waals surface area contributed by atoms with Crippen molar-refractivity contribution in [1.29, 1.82) is 0 Å². The Balaban J connectivity index is 1.82. The smallest absolute Gasteiger partial charge is 0.146 e. The van der Waals surface area contributed by atoms with Gasteiger partial charge in [-0.3, -0.25) is 0 Å². The molecule has 1 atom stereocenters. The molecule has 16 heavy (non-hydrogen) atoms. The molecule has 0 bridgehead atoms. The number of rotatable bonds is 4. The van der Waals surface area contributed by atoms with Crippen molar-refractivity contribution in [3.8, 4) is 0 Å². The van der Waals surface area contributed by atoms with Crippen molar-refractivity contribution < 1.29 is 0 Å². The van der Waals surface area contributed by atoms with Crippen LogP contribution in [0, 0.1) is 5.92 Å². The van der Waals surface area contributed by atoms with Gasteiger partial charge in [0.2, 0.25) is 0 Å². The SMILES string of the molecule is CCN1CCC(CNc2cccnc2N)C1. The number of pyridine rings is 1. The summed E-state index contributed by atoms with van der Waals surface area (Å²) < 4.78 is 0. The zero-order valence-electron chi connectivity index (χ0n) is 9.82. The topological polar surface area (TPSA) is 54.2 Å². The fourth-order valence-electron chi connectivity index (χ4n) is 2.19. The van der Waals surface area contributed by atoms with Gasteiger partial charge < -0.3 is 16.0 Å². The average molecular weight is 220 g/mol. The van der Waals surface area contributed by atoms with Crippen molar-refractivity contribution in [2.45, 2.75) is 13.3 Å². The number of nitrogens with two attached hydrogens (primary N) is 1. The summed E-state index contributed by atoms with van der Waals surface area (Å²) in [5, 5.41) is 3.39. The van der Waals surface area contributed by atoms with Crippen LogP contribution in [-0.2, 0) is 0 Å². The van der Waals surface area contributed by atoms with Crippen LogP contribution < -0.4 is 11.1 Å². The quantitative estimate of drug-likeness (QED) is 0.805. The number of hydrogen-bond donors (Lipinski definition) is 2. The van der Waals surface area contributed by atoms with Gasteiger partial charge in [0.05, 0.1) is 5.69 Å². The molecule has 1 aliphatic rings. The Bertz CT molecular complexity index is 340. The van der Waals surface area contributed by atoms with Crippen molar-refractivity contribution in [3.63, 3.8) is 0 Å². The van der Waals surface area contributed by atoms with E-state index in [2.05, 4.69) is 22.1 Å². The predicted octanol–water partition coefficient (Wildman–Crippen LogP) is 1.42. The Morgan fingerprint density at radius 3 is 3.19 bits per heavy atom. The first-order valence-electron chi connectivity index (χ1n) is 5.96. The van der Waals surface area contributed by atoms with Crippen molar-refractivity contribution in [2.24, 2.45) is 5.92 Å². The van der Waals surface area contributed by atoms with Gasteiger partial charge in [-0.2, -0.15) is 0 Å². The summed E-state index contributed by atoms with van der Waals surface area (Å²) in [6, 6.07) is 3.89. The Morgan fingerprint density at radius 2 is 2.50 bits per heavy atom. The largest absolute Gasteiger partial charge is 0.382 e. The summed E-state index contributed by atoms with van der Waals surface area (Å²) >= 11 is 0. The third kappa shape index (κ3) is 2.64. The molecule has 1 aromatic heterocycles. The Hall–Kier alpha value is -1.29. The molecule has 0 saturated carbocycles. The zero-order chi connectivity index (χ0) is 11.4. The third-order valence-corrected chi connectivity index (χ3v) is 3.24. The van der Waals surface area contributed by atoms with Gasteiger partial charge in [-0.25, -0.2) is 4.98 Å². The molecule has 0 aromatic carbocycles. The third-order valence-electron chi connectivity index (χ3n) is 3.24. The summed E-state index contributed by atoms with van der Waals surface area (Å²) in [5.41, 5.74) is 6.73. The van der Waals surface area contributed by atoms with Crippen LogP contribution in [0.1, 0.15) is 13.3 Å². The van der Waals surface area contributed by atoms with E-state index in [-0.39, 0.29) is 0 Å². The molecule has 3 N–H and O–H groups in total. The lowest BCUT2D eigenvalue weighted by Crippen LogP contribution is -2.22. The second-order valence-electron chi connectivity index (χ2n) is 4.37. The molecule has 1 aromatic rings. The van der Waals surface area contributed by atoms with Gasteiger partial charge in [0.25, 0.3) is 0 Å². The van der Waals surface area contributed by atoms with E-state index in [0.29, 0.717) is 5.82 Å². The van der Waals surface area contributed by atoms with Crippen LogP contribution in [0.4, 0.5) is 11.5 Å². The number of anilines is 2. The van der Waals surface area contributed by atoms with Crippen LogP contribution >= 0.6 is 0 Å². The molecule has 0 spiro atoms. The number of nitrogens with one attached hydrogen (secondary N) is 1. The molecule has 88 valence electrons. The summed E-state index contributed by atoms with van der Waals surface area (Å²) in [6.07, 6.45) is 3.00. The maximum atomic E-state index is 5.77. The second-order valence-corrected chi connectivity index (χ2v) is 4.37. The second kappa shape index (κ2) is 5.16. The minimum Gasteiger partial charge on any atom is -0.382 e. The molecule has 4 heteroatoms. The lowest BCUT2D eigenvalue weighted by molar-refractivity contribution is 0.345. The summed E-state index contributed by atoms with van der Waals surface area (Å²) in [4.78, 5) is 6.55. The van der Waals surface area contributed by atoms with E-state index in [1.165, 1.54) is 19.5 Å². The minimum atomic E-state index is 0.591. The van der Waals surface area contributed by atoms with Crippen molar-refractivity contribution in [2.75, 3.05) is 37.2 Å². The number of nitrogen functional groups attached to an aromatic ring is 1. The van der Waals surface area contributed by atoms with E-state index in [0.717, 1.165) is 24.7 Å². The molecule has 1 fully saturated rings. The van der Waals surface area contributed by atoms with Crippen LogP contribution in [0.15, 0.2) is 18.3 Å². The van der Waals surface area contributed by atoms with E-state index >= 15 is 0 Å². The fraction of sp³-hybridized carbons (Fsp3) is 0.583. The maximum Gasteiger partial charge on any atom is 0.146 e. The van der Waals surface area contributed by atoms with Crippen LogP contribution in [0.2, 0.25) is 0 Å². The van der Waals surface area contributed by atoms with Crippen LogP contribution in [0.25, 0.3) is 0 Å². The highest BCUT2D eigenvalue weighted by Crippen LogP contribution is 2.19. The highest BCUT2D eigenvalue weighted by Gasteiger charge is 2.20. The van der Waals surface area contributed by atoms with Gasteiger partial charge in [0, 0.05) is 19.3 Å². The molecule has 1 aliphatic heterocycles. The molecule has 0 aliphatic carbocycles. The van der Waals surface area contributed by atoms with Crippen molar-refractivity contribution in [3.05, 3.63) is 18.3 Å². The Kier molecular flexibility index (Phi) is 3.62. The molecular weight excluding hydrogens is 200 g/mol. The number of likely N-dealkylation sites (tertiary alicyclic amines) is 1. The molecular formula is C12H20N4. The van der Waals surface area contributed by atoms with Gasteiger partial charge in [-0.15, -0.1) is 0 Å². The molecule has 2 heterocycles. The van der Waals surface area contributed by atoms with E-state index in [9.17, 15) is 0 Å². The van der Waals surface area contributed by atoms with Crippen LogP contribution in [0.3, 0.4) is 0 Å². The lowest BCUT2D eigenvalue weighted by atomic mass is 10.1. The molecule has 2 rings (SSSR count). The van der Waals surface area contributed by atoms with Gasteiger partial charge in [0.1, 0.15) is 5.82 Å². The van der Waals surface area contributed by atoms with Gasteiger partial charge in [0.15, 0.2) is 0 Å². The Labute approximate surface area is 96.8 Å². The van der Waals surface area contributed by atoms with Gasteiger partial charge >= 0.3 is 0 Å². The lowest BCUT2D eigenvalue weighted by Gasteiger charge is -2.14. The number of aromatic nitrogens is 1. The van der Waals surface area contributed by atoms with Gasteiger partial charge in [-0.05, 0) is 37.6 Å². The zero-order valence-corrected chi connectivity index (χ0v) is 9.82. The molecule has 4 nitrogen and oxygen atoms in total. The number of hydrogen-bond acceptors (Lipinski definition) is 4. The molecule has 0 radical (unpaired) electrons. The van der Waals surface area contributed by atoms with Gasteiger partial charge in [-0.1, -0.05) is 6.92 Å². The average Bonchev–Trinajstić information content (AvgIpc) is 2.76. The maximum absolute atomic E-state index is 5.77. The first-order valence-corrected chi connectivity index (χ1v) is 5.96. The predicted molar refractivity (Wildman–Crippen MR) is 67.4 cm³/mol. The van der Waals surface area contributed by atoms with Crippen LogP contribution in [-0.4, -0.2) is 36.1 Å². The standard InChI is InChI=1S/C12H20N4/c1-2-16-7-5-10(9-16)8-15-11-4-3-6-14-12(11)13/h3-4,6,10,15H,2,5,7-9H2,1H3,(H2,13,14). The normalized spacial score (nSPS) is 21.2. The van der Waals surface area contributed by atoms with E-state index in [4.69, 9.17) is 5.73 Å². The molecule has 1 unspecified atom stereocenters. The minimum absolute atomic E-state index is 0.591. The summed E-state index contributed by atoms with van der Waals surface area (Å²) in [7, 11) is 0.